The zero-order valence-electron chi connectivity index (χ0n) is 15.0. The summed E-state index contributed by atoms with van der Waals surface area (Å²) in [6.07, 6.45) is 4.60. The second kappa shape index (κ2) is 8.20. The Balaban J connectivity index is 1.31. The second-order valence-corrected chi connectivity index (χ2v) is 7.79. The number of fused-ring (bicyclic) bond motifs is 1. The highest BCUT2D eigenvalue weighted by molar-refractivity contribution is 6.32. The van der Waals surface area contributed by atoms with Gasteiger partial charge in [0.25, 0.3) is 0 Å². The number of benzene rings is 1. The van der Waals surface area contributed by atoms with Crippen molar-refractivity contribution in [2.75, 3.05) is 13.2 Å². The number of amides is 2. The Hall–Kier alpha value is -1.57. The maximum atomic E-state index is 13.4. The summed E-state index contributed by atoms with van der Waals surface area (Å²) < 4.78 is 30.9. The molecule has 1 aromatic rings. The summed E-state index contributed by atoms with van der Waals surface area (Å²) in [7, 11) is 0. The molecule has 2 saturated heterocycles. The molecule has 2 N–H and O–H groups in total. The molecule has 27 heavy (non-hydrogen) atoms. The average Bonchev–Trinajstić information content (AvgIpc) is 3.23. The van der Waals surface area contributed by atoms with E-state index in [2.05, 4.69) is 10.6 Å². The zero-order chi connectivity index (χ0) is 18.8. The quantitative estimate of drug-likeness (QED) is 0.818. The van der Waals surface area contributed by atoms with Crippen LogP contribution in [0.4, 0.5) is 9.18 Å². The normalized spacial score (nSPS) is 30.7. The summed E-state index contributed by atoms with van der Waals surface area (Å²) in [6.45, 7) is 0.648. The molecule has 8 heteroatoms. The number of nitrogens with one attached hydrogen (secondary N) is 2. The molecule has 0 aromatic heterocycles. The van der Waals surface area contributed by atoms with Gasteiger partial charge in [-0.25, -0.2) is 9.18 Å². The topological polar surface area (TPSA) is 68.8 Å². The molecule has 1 aromatic carbocycles. The Morgan fingerprint density at radius 3 is 2.70 bits per heavy atom. The fourth-order valence-corrected chi connectivity index (χ4v) is 4.22. The minimum Gasteiger partial charge on any atom is -0.484 e. The van der Waals surface area contributed by atoms with Gasteiger partial charge < -0.3 is 24.8 Å². The molecule has 148 valence electrons. The highest BCUT2D eigenvalue weighted by Gasteiger charge is 2.49. The molecular formula is C19H24ClFN2O4. The molecular weight excluding hydrogens is 375 g/mol. The van der Waals surface area contributed by atoms with Gasteiger partial charge in [-0.05, 0) is 25.0 Å². The van der Waals surface area contributed by atoms with E-state index in [0.29, 0.717) is 18.2 Å². The van der Waals surface area contributed by atoms with Crippen molar-refractivity contribution in [2.24, 2.45) is 0 Å². The number of carbonyl (C=O) groups excluding carboxylic acids is 1. The Labute approximate surface area is 162 Å². The molecule has 0 bridgehead atoms. The van der Waals surface area contributed by atoms with Crippen molar-refractivity contribution >= 4 is 17.6 Å². The highest BCUT2D eigenvalue weighted by atomic mass is 35.5. The zero-order valence-corrected chi connectivity index (χ0v) is 15.7. The van der Waals surface area contributed by atoms with E-state index >= 15 is 0 Å². The van der Waals surface area contributed by atoms with E-state index in [-0.39, 0.29) is 36.1 Å². The lowest BCUT2D eigenvalue weighted by Gasteiger charge is -2.24. The van der Waals surface area contributed by atoms with Gasteiger partial charge in [0.1, 0.15) is 23.8 Å². The van der Waals surface area contributed by atoms with Crippen LogP contribution in [0.1, 0.15) is 32.1 Å². The van der Waals surface area contributed by atoms with Crippen molar-refractivity contribution in [1.29, 1.82) is 0 Å². The summed E-state index contributed by atoms with van der Waals surface area (Å²) in [4.78, 5) is 12.3. The Morgan fingerprint density at radius 1 is 1.11 bits per heavy atom. The van der Waals surface area contributed by atoms with Gasteiger partial charge in [-0.2, -0.15) is 0 Å². The van der Waals surface area contributed by atoms with Crippen LogP contribution in [0.2, 0.25) is 5.02 Å². The number of hydrogen-bond donors (Lipinski definition) is 2. The number of halogens is 2. The fourth-order valence-electron chi connectivity index (χ4n) is 4.06. The standard InChI is InChI=1S/C19H24ClFN2O4/c20-13-7-6-11(21)8-15(13)27-16-10-26-17-14(9-25-18(16)17)23-19(24)22-12-4-2-1-3-5-12/h6-8,12,14,16-18H,1-5,9-10H2,(H2,22,23,24)/t14-,16-,17+,18+/m0/s1. The van der Waals surface area contributed by atoms with E-state index < -0.39 is 11.9 Å². The van der Waals surface area contributed by atoms with E-state index in [4.69, 9.17) is 25.8 Å². The van der Waals surface area contributed by atoms with E-state index in [0.717, 1.165) is 25.7 Å². The van der Waals surface area contributed by atoms with Crippen molar-refractivity contribution in [2.45, 2.75) is 62.5 Å². The van der Waals surface area contributed by atoms with Crippen molar-refractivity contribution in [3.63, 3.8) is 0 Å². The van der Waals surface area contributed by atoms with Crippen molar-refractivity contribution in [3.05, 3.63) is 29.0 Å². The highest BCUT2D eigenvalue weighted by Crippen LogP contribution is 2.33. The Kier molecular flexibility index (Phi) is 5.71. The molecule has 0 spiro atoms. The molecule has 3 fully saturated rings. The van der Waals surface area contributed by atoms with Crippen LogP contribution in [0.15, 0.2) is 18.2 Å². The number of hydrogen-bond acceptors (Lipinski definition) is 4. The molecule has 4 atom stereocenters. The molecule has 1 saturated carbocycles. The van der Waals surface area contributed by atoms with Crippen molar-refractivity contribution in [1.82, 2.24) is 10.6 Å². The Bertz CT molecular complexity index is 686. The predicted molar refractivity (Wildman–Crippen MR) is 97.6 cm³/mol. The smallest absolute Gasteiger partial charge is 0.315 e. The van der Waals surface area contributed by atoms with Crippen LogP contribution in [-0.4, -0.2) is 49.6 Å². The van der Waals surface area contributed by atoms with Crippen molar-refractivity contribution < 1.29 is 23.4 Å². The minimum atomic E-state index is -0.420. The molecule has 2 heterocycles. The predicted octanol–water partition coefficient (Wildman–Crippen LogP) is 3.02. The fraction of sp³-hybridized carbons (Fsp3) is 0.632. The van der Waals surface area contributed by atoms with Crippen LogP contribution in [-0.2, 0) is 9.47 Å². The Morgan fingerprint density at radius 2 is 1.89 bits per heavy atom. The summed E-state index contributed by atoms with van der Waals surface area (Å²) in [6, 6.07) is 3.80. The number of carbonyl (C=O) groups is 1. The van der Waals surface area contributed by atoms with Crippen LogP contribution in [0, 0.1) is 5.82 Å². The van der Waals surface area contributed by atoms with Crippen molar-refractivity contribution in [3.8, 4) is 5.75 Å². The molecule has 2 aliphatic heterocycles. The van der Waals surface area contributed by atoms with Gasteiger partial charge in [-0.1, -0.05) is 30.9 Å². The third-order valence-corrected chi connectivity index (χ3v) is 5.75. The van der Waals surface area contributed by atoms with Crippen LogP contribution in [0.5, 0.6) is 5.75 Å². The maximum Gasteiger partial charge on any atom is 0.315 e. The monoisotopic (exact) mass is 398 g/mol. The van der Waals surface area contributed by atoms with Crippen LogP contribution in [0.25, 0.3) is 0 Å². The summed E-state index contributed by atoms with van der Waals surface area (Å²) in [5, 5.41) is 6.33. The molecule has 0 unspecified atom stereocenters. The number of urea groups is 1. The summed E-state index contributed by atoms with van der Waals surface area (Å²) in [5.41, 5.74) is 0. The van der Waals surface area contributed by atoms with Gasteiger partial charge in [0.15, 0.2) is 6.10 Å². The summed E-state index contributed by atoms with van der Waals surface area (Å²) >= 11 is 6.07. The first-order valence-electron chi connectivity index (χ1n) is 9.52. The number of rotatable bonds is 4. The van der Waals surface area contributed by atoms with Crippen LogP contribution in [0.3, 0.4) is 0 Å². The lowest BCUT2D eigenvalue weighted by molar-refractivity contribution is 0.0303. The SMILES string of the molecule is O=C(NC1CCCCC1)N[C@H]1CO[C@H]2[C@@H]1OC[C@@H]2Oc1cc(F)ccc1Cl. The minimum absolute atomic E-state index is 0.183. The molecule has 2 amide bonds. The number of ether oxygens (including phenoxy) is 3. The van der Waals surface area contributed by atoms with Gasteiger partial charge in [0.2, 0.25) is 0 Å². The molecule has 3 aliphatic rings. The second-order valence-electron chi connectivity index (χ2n) is 7.39. The summed E-state index contributed by atoms with van der Waals surface area (Å²) in [5.74, 6) is -0.155. The van der Waals surface area contributed by atoms with E-state index in [1.807, 2.05) is 0 Å². The lowest BCUT2D eigenvalue weighted by atomic mass is 9.96. The molecule has 1 aliphatic carbocycles. The first kappa shape index (κ1) is 18.8. The van der Waals surface area contributed by atoms with Gasteiger partial charge in [0, 0.05) is 12.1 Å². The lowest BCUT2D eigenvalue weighted by Crippen LogP contribution is -2.51. The first-order chi connectivity index (χ1) is 13.1. The largest absolute Gasteiger partial charge is 0.484 e. The first-order valence-corrected chi connectivity index (χ1v) is 9.90. The van der Waals surface area contributed by atoms with E-state index in [9.17, 15) is 9.18 Å². The van der Waals surface area contributed by atoms with Gasteiger partial charge in [-0.3, -0.25) is 0 Å². The maximum absolute atomic E-state index is 13.4. The van der Waals surface area contributed by atoms with E-state index in [1.165, 1.54) is 24.6 Å². The van der Waals surface area contributed by atoms with Gasteiger partial charge >= 0.3 is 6.03 Å². The molecule has 6 nitrogen and oxygen atoms in total. The average molecular weight is 399 g/mol. The van der Waals surface area contributed by atoms with Gasteiger partial charge in [-0.15, -0.1) is 0 Å². The molecule has 4 rings (SSSR count). The van der Waals surface area contributed by atoms with Gasteiger partial charge in [0.05, 0.1) is 24.3 Å². The van der Waals surface area contributed by atoms with E-state index in [1.54, 1.807) is 0 Å². The third-order valence-electron chi connectivity index (χ3n) is 5.44. The third kappa shape index (κ3) is 4.31. The van der Waals surface area contributed by atoms with Crippen LogP contribution < -0.4 is 15.4 Å². The molecule has 0 radical (unpaired) electrons. The van der Waals surface area contributed by atoms with Crippen LogP contribution >= 0.6 is 11.6 Å².